The van der Waals surface area contributed by atoms with E-state index < -0.39 is 5.91 Å². The number of hydrogen-bond acceptors (Lipinski definition) is 6. The molecule has 0 aliphatic heterocycles. The Morgan fingerprint density at radius 2 is 2.25 bits per heavy atom. The lowest BCUT2D eigenvalue weighted by molar-refractivity contribution is 0.0922. The molecule has 0 aromatic carbocycles. The van der Waals surface area contributed by atoms with Gasteiger partial charge in [-0.25, -0.2) is 4.98 Å². The number of aromatic nitrogens is 4. The van der Waals surface area contributed by atoms with Gasteiger partial charge < -0.3 is 9.73 Å². The van der Waals surface area contributed by atoms with Crippen molar-refractivity contribution >= 4 is 5.91 Å². The molecule has 3 rings (SSSR count). The second-order valence-electron chi connectivity index (χ2n) is 5.12. The highest BCUT2D eigenvalue weighted by molar-refractivity contribution is 5.91. The Hall–Kier alpha value is -3.29. The van der Waals surface area contributed by atoms with E-state index in [1.54, 1.807) is 25.4 Å². The number of hydrogen-bond donors (Lipinski definition) is 2. The van der Waals surface area contributed by atoms with Crippen molar-refractivity contribution in [2.24, 2.45) is 0 Å². The number of H-pyrrole nitrogens is 1. The quantitative estimate of drug-likeness (QED) is 0.726. The highest BCUT2D eigenvalue weighted by Gasteiger charge is 2.11. The zero-order valence-electron chi connectivity index (χ0n) is 12.9. The maximum absolute atomic E-state index is 12.0. The highest BCUT2D eigenvalue weighted by atomic mass is 16.3. The smallest absolute Gasteiger partial charge is 0.287 e. The first-order valence-corrected chi connectivity index (χ1v) is 7.33. The van der Waals surface area contributed by atoms with Crippen molar-refractivity contribution in [3.63, 3.8) is 0 Å². The van der Waals surface area contributed by atoms with Crippen LogP contribution in [0.2, 0.25) is 0 Å². The van der Waals surface area contributed by atoms with Crippen molar-refractivity contribution in [3.8, 4) is 11.4 Å². The van der Waals surface area contributed by atoms with Crippen LogP contribution in [-0.4, -0.2) is 32.6 Å². The Bertz CT molecular complexity index is 901. The predicted molar refractivity (Wildman–Crippen MR) is 85.4 cm³/mol. The van der Waals surface area contributed by atoms with Crippen molar-refractivity contribution in [1.82, 2.24) is 25.5 Å². The molecule has 2 N–H and O–H groups in total. The minimum Gasteiger partial charge on any atom is -0.456 e. The number of carbonyl (C=O) groups is 1. The van der Waals surface area contributed by atoms with Crippen LogP contribution in [0.4, 0.5) is 0 Å². The van der Waals surface area contributed by atoms with Gasteiger partial charge in [0.25, 0.3) is 5.91 Å². The molecule has 0 atom stereocenters. The number of nitrogens with zero attached hydrogens (tertiary/aromatic N) is 3. The minimum atomic E-state index is -0.442. The molecule has 8 nitrogen and oxygen atoms in total. The molecule has 0 unspecified atom stereocenters. The Morgan fingerprint density at radius 1 is 1.38 bits per heavy atom. The monoisotopic (exact) mass is 325 g/mol. The van der Waals surface area contributed by atoms with E-state index in [0.717, 1.165) is 11.6 Å². The largest absolute Gasteiger partial charge is 0.456 e. The van der Waals surface area contributed by atoms with Crippen LogP contribution in [0.15, 0.2) is 45.9 Å². The molecule has 24 heavy (non-hydrogen) atoms. The molecule has 0 fully saturated rings. The average molecular weight is 325 g/mol. The van der Waals surface area contributed by atoms with E-state index >= 15 is 0 Å². The normalized spacial score (nSPS) is 10.5. The third-order valence-electron chi connectivity index (χ3n) is 3.21. The van der Waals surface area contributed by atoms with Gasteiger partial charge in [0.05, 0.1) is 0 Å². The fourth-order valence-electron chi connectivity index (χ4n) is 2.13. The maximum atomic E-state index is 12.0. The van der Waals surface area contributed by atoms with Crippen molar-refractivity contribution in [2.45, 2.75) is 13.3 Å². The summed E-state index contributed by atoms with van der Waals surface area (Å²) >= 11 is 0. The summed E-state index contributed by atoms with van der Waals surface area (Å²) in [7, 11) is 0. The van der Waals surface area contributed by atoms with Gasteiger partial charge in [-0.2, -0.15) is 5.10 Å². The molecule has 122 valence electrons. The van der Waals surface area contributed by atoms with Crippen LogP contribution in [-0.2, 0) is 6.42 Å². The Labute approximate surface area is 137 Å². The van der Waals surface area contributed by atoms with Crippen molar-refractivity contribution in [2.75, 3.05) is 6.54 Å². The van der Waals surface area contributed by atoms with Gasteiger partial charge in [-0.1, -0.05) is 0 Å². The fourth-order valence-corrected chi connectivity index (χ4v) is 2.13. The van der Waals surface area contributed by atoms with E-state index in [1.807, 2.05) is 6.07 Å². The van der Waals surface area contributed by atoms with Gasteiger partial charge in [0, 0.05) is 43.1 Å². The van der Waals surface area contributed by atoms with Crippen molar-refractivity contribution in [3.05, 3.63) is 64.2 Å². The molecule has 0 saturated heterocycles. The molecule has 0 spiro atoms. The molecule has 3 aromatic rings. The molecule has 1 amide bonds. The molecule has 3 heterocycles. The molecule has 0 saturated carbocycles. The number of pyridine rings is 1. The molecular weight excluding hydrogens is 310 g/mol. The minimum absolute atomic E-state index is 0.00591. The zero-order chi connectivity index (χ0) is 16.9. The number of rotatable bonds is 5. The van der Waals surface area contributed by atoms with Crippen LogP contribution in [0.1, 0.15) is 22.1 Å². The van der Waals surface area contributed by atoms with Crippen LogP contribution >= 0.6 is 0 Å². The van der Waals surface area contributed by atoms with E-state index in [-0.39, 0.29) is 11.2 Å². The molecule has 8 heteroatoms. The Balaban J connectivity index is 1.58. The van der Waals surface area contributed by atoms with Gasteiger partial charge in [0.1, 0.15) is 11.6 Å². The molecule has 0 aliphatic rings. The SMILES string of the molecule is Cc1cc(=O)cc(C(=O)NCCc2nc(-c3cccnc3)n[nH]2)o1. The van der Waals surface area contributed by atoms with Gasteiger partial charge in [-0.15, -0.1) is 0 Å². The molecule has 0 bridgehead atoms. The number of amides is 1. The number of aryl methyl sites for hydroxylation is 1. The van der Waals surface area contributed by atoms with Gasteiger partial charge >= 0.3 is 0 Å². The molecule has 0 radical (unpaired) electrons. The van der Waals surface area contributed by atoms with E-state index in [4.69, 9.17) is 4.42 Å². The summed E-state index contributed by atoms with van der Waals surface area (Å²) in [4.78, 5) is 31.7. The number of aromatic amines is 1. The second kappa shape index (κ2) is 6.86. The predicted octanol–water partition coefficient (Wildman–Crippen LogP) is 1.10. The van der Waals surface area contributed by atoms with E-state index in [2.05, 4.69) is 25.5 Å². The van der Waals surface area contributed by atoms with E-state index in [0.29, 0.717) is 30.4 Å². The van der Waals surface area contributed by atoms with E-state index in [1.165, 1.54) is 6.07 Å². The summed E-state index contributed by atoms with van der Waals surface area (Å²) in [5.74, 6) is 1.13. The first kappa shape index (κ1) is 15.6. The van der Waals surface area contributed by atoms with Gasteiger partial charge in [0.15, 0.2) is 17.0 Å². The average Bonchev–Trinajstić information content (AvgIpc) is 3.03. The summed E-state index contributed by atoms with van der Waals surface area (Å²) < 4.78 is 5.23. The first-order chi connectivity index (χ1) is 11.6. The first-order valence-electron chi connectivity index (χ1n) is 7.33. The van der Waals surface area contributed by atoms with Crippen LogP contribution in [0, 0.1) is 6.92 Å². The van der Waals surface area contributed by atoms with E-state index in [9.17, 15) is 9.59 Å². The fraction of sp³-hybridized carbons (Fsp3) is 0.188. The summed E-state index contributed by atoms with van der Waals surface area (Å²) in [6, 6.07) is 6.16. The van der Waals surface area contributed by atoms with Crippen molar-refractivity contribution < 1.29 is 9.21 Å². The topological polar surface area (TPSA) is 114 Å². The third kappa shape index (κ3) is 3.72. The summed E-state index contributed by atoms with van der Waals surface area (Å²) in [5, 5.41) is 9.62. The molecular formula is C16H15N5O3. The van der Waals surface area contributed by atoms with Crippen molar-refractivity contribution in [1.29, 1.82) is 0 Å². The summed E-state index contributed by atoms with van der Waals surface area (Å²) in [5.41, 5.74) is 0.547. The second-order valence-corrected chi connectivity index (χ2v) is 5.12. The van der Waals surface area contributed by atoms with Crippen LogP contribution in [0.25, 0.3) is 11.4 Å². The van der Waals surface area contributed by atoms with Gasteiger partial charge in [-0.05, 0) is 19.1 Å². The van der Waals surface area contributed by atoms with Crippen LogP contribution in [0.5, 0.6) is 0 Å². The lowest BCUT2D eigenvalue weighted by atomic mass is 10.3. The summed E-state index contributed by atoms with van der Waals surface area (Å²) in [6.07, 6.45) is 3.82. The zero-order valence-corrected chi connectivity index (χ0v) is 12.9. The lowest BCUT2D eigenvalue weighted by Gasteiger charge is -2.03. The van der Waals surface area contributed by atoms with Crippen LogP contribution in [0.3, 0.4) is 0 Å². The molecule has 3 aromatic heterocycles. The number of nitrogens with one attached hydrogen (secondary N) is 2. The lowest BCUT2D eigenvalue weighted by Crippen LogP contribution is -2.26. The standard InChI is InChI=1S/C16H15N5O3/c1-10-7-12(22)8-13(24-10)16(23)18-6-4-14-19-15(21-20-14)11-3-2-5-17-9-11/h2-3,5,7-9H,4,6H2,1H3,(H,18,23)(H,19,20,21). The highest BCUT2D eigenvalue weighted by Crippen LogP contribution is 2.11. The molecule has 0 aliphatic carbocycles. The third-order valence-corrected chi connectivity index (χ3v) is 3.21. The maximum Gasteiger partial charge on any atom is 0.287 e. The Morgan fingerprint density at radius 3 is 3.00 bits per heavy atom. The van der Waals surface area contributed by atoms with Gasteiger partial charge in [-0.3, -0.25) is 19.7 Å². The van der Waals surface area contributed by atoms with Gasteiger partial charge in [0.2, 0.25) is 0 Å². The van der Waals surface area contributed by atoms with Crippen LogP contribution < -0.4 is 10.7 Å². The Kier molecular flexibility index (Phi) is 4.46. The number of carbonyl (C=O) groups excluding carboxylic acids is 1. The summed E-state index contributed by atoms with van der Waals surface area (Å²) in [6.45, 7) is 1.95.